The summed E-state index contributed by atoms with van der Waals surface area (Å²) < 4.78 is 0. The van der Waals surface area contributed by atoms with Gasteiger partial charge in [0.15, 0.2) is 0 Å². The first-order chi connectivity index (χ1) is 14.7. The van der Waals surface area contributed by atoms with Gasteiger partial charge in [-0.25, -0.2) is 0 Å². The third kappa shape index (κ3) is 12.9. The number of hydrogen-bond acceptors (Lipinski definition) is 2. The molecule has 1 aromatic carbocycles. The summed E-state index contributed by atoms with van der Waals surface area (Å²) >= 11 is 0. The molecule has 172 valence electrons. The van der Waals surface area contributed by atoms with E-state index in [0.717, 1.165) is 24.9 Å². The second kappa shape index (κ2) is 18.3. The molecule has 0 aliphatic heterocycles. The van der Waals surface area contributed by atoms with Crippen molar-refractivity contribution in [2.24, 2.45) is 0 Å². The molecule has 0 spiro atoms. The van der Waals surface area contributed by atoms with E-state index in [1.165, 1.54) is 96.3 Å². The molecule has 2 N–H and O–H groups in total. The highest BCUT2D eigenvalue weighted by Crippen LogP contribution is 2.19. The van der Waals surface area contributed by atoms with E-state index in [1.54, 1.807) is 18.2 Å². The number of phenolic OH excluding ortho intramolecular Hbond substituents is 1. The third-order valence-electron chi connectivity index (χ3n) is 6.04. The summed E-state index contributed by atoms with van der Waals surface area (Å²) in [6, 6.07) is 5.10. The molecule has 3 nitrogen and oxygen atoms in total. The van der Waals surface area contributed by atoms with Crippen molar-refractivity contribution in [1.29, 1.82) is 0 Å². The van der Waals surface area contributed by atoms with Crippen LogP contribution in [-0.4, -0.2) is 17.6 Å². The Kier molecular flexibility index (Phi) is 16.2. The van der Waals surface area contributed by atoms with Gasteiger partial charge < -0.3 is 10.4 Å². The van der Waals surface area contributed by atoms with Crippen molar-refractivity contribution in [1.82, 2.24) is 5.32 Å². The van der Waals surface area contributed by atoms with Gasteiger partial charge in [0.25, 0.3) is 5.91 Å². The van der Waals surface area contributed by atoms with Crippen molar-refractivity contribution in [2.75, 3.05) is 6.54 Å². The Balaban J connectivity index is 1.87. The molecule has 30 heavy (non-hydrogen) atoms. The van der Waals surface area contributed by atoms with Gasteiger partial charge >= 0.3 is 0 Å². The maximum atomic E-state index is 12.2. The maximum absolute atomic E-state index is 12.2. The van der Waals surface area contributed by atoms with Crippen molar-refractivity contribution in [3.05, 3.63) is 29.3 Å². The lowest BCUT2D eigenvalue weighted by atomic mass is 10.0. The van der Waals surface area contributed by atoms with E-state index in [4.69, 9.17) is 0 Å². The molecule has 1 rings (SSSR count). The molecule has 3 heteroatoms. The van der Waals surface area contributed by atoms with Gasteiger partial charge in [0, 0.05) is 12.1 Å². The van der Waals surface area contributed by atoms with E-state index in [-0.39, 0.29) is 11.7 Å². The van der Waals surface area contributed by atoms with Crippen LogP contribution in [-0.2, 0) is 6.42 Å². The average molecular weight is 418 g/mol. The number of rotatable bonds is 19. The summed E-state index contributed by atoms with van der Waals surface area (Å²) in [5.41, 5.74) is 1.46. The zero-order valence-corrected chi connectivity index (χ0v) is 19.8. The Morgan fingerprint density at radius 2 is 1.20 bits per heavy atom. The van der Waals surface area contributed by atoms with E-state index < -0.39 is 0 Å². The SMILES string of the molecule is CCCCCCCCCCCCCCCCCCNC(=O)c1ccc(O)c(CC)c1. The zero-order chi connectivity index (χ0) is 21.9. The first-order valence-electron chi connectivity index (χ1n) is 12.8. The van der Waals surface area contributed by atoms with Crippen molar-refractivity contribution in [2.45, 2.75) is 123 Å². The quantitative estimate of drug-likeness (QED) is 0.224. The number of unbranched alkanes of at least 4 members (excludes halogenated alkanes) is 15. The van der Waals surface area contributed by atoms with Gasteiger partial charge in [-0.1, -0.05) is 110 Å². The topological polar surface area (TPSA) is 49.3 Å². The van der Waals surface area contributed by atoms with Gasteiger partial charge in [-0.05, 0) is 36.6 Å². The number of amides is 1. The number of benzene rings is 1. The van der Waals surface area contributed by atoms with Crippen LogP contribution < -0.4 is 5.32 Å². The molecule has 0 heterocycles. The summed E-state index contributed by atoms with van der Waals surface area (Å²) in [5, 5.41) is 12.7. The molecule has 0 unspecified atom stereocenters. The molecule has 0 aliphatic rings. The van der Waals surface area contributed by atoms with Crippen LogP contribution >= 0.6 is 0 Å². The molecule has 1 amide bonds. The second-order valence-electron chi connectivity index (χ2n) is 8.76. The lowest BCUT2D eigenvalue weighted by Crippen LogP contribution is -2.24. The highest BCUT2D eigenvalue weighted by molar-refractivity contribution is 5.94. The number of carbonyl (C=O) groups is 1. The number of carbonyl (C=O) groups excluding carboxylic acids is 1. The first kappa shape index (κ1) is 26.5. The van der Waals surface area contributed by atoms with Gasteiger partial charge in [-0.3, -0.25) is 4.79 Å². The highest BCUT2D eigenvalue weighted by Gasteiger charge is 2.07. The Bertz CT molecular complexity index is 556. The van der Waals surface area contributed by atoms with E-state index in [1.807, 2.05) is 6.92 Å². The van der Waals surface area contributed by atoms with Crippen LogP contribution in [0.2, 0.25) is 0 Å². The van der Waals surface area contributed by atoms with Gasteiger partial charge in [0.2, 0.25) is 0 Å². The minimum Gasteiger partial charge on any atom is -0.508 e. The molecule has 0 bridgehead atoms. The van der Waals surface area contributed by atoms with Crippen LogP contribution in [0.3, 0.4) is 0 Å². The van der Waals surface area contributed by atoms with Crippen LogP contribution in [0.5, 0.6) is 5.75 Å². The minimum absolute atomic E-state index is 0.0364. The lowest BCUT2D eigenvalue weighted by molar-refractivity contribution is 0.0953. The standard InChI is InChI=1S/C27H47NO2/c1-3-5-6-7-8-9-10-11-12-13-14-15-16-17-18-19-22-28-27(30)25-20-21-26(29)24(4-2)23-25/h20-21,23,29H,3-19,22H2,1-2H3,(H,28,30). The predicted octanol–water partition coefficient (Wildman–Crippen LogP) is 7.95. The van der Waals surface area contributed by atoms with Crippen LogP contribution in [0.25, 0.3) is 0 Å². The second-order valence-corrected chi connectivity index (χ2v) is 8.76. The first-order valence-corrected chi connectivity index (χ1v) is 12.8. The van der Waals surface area contributed by atoms with Crippen molar-refractivity contribution in [3.63, 3.8) is 0 Å². The van der Waals surface area contributed by atoms with Gasteiger partial charge in [-0.15, -0.1) is 0 Å². The average Bonchev–Trinajstić information content (AvgIpc) is 2.76. The van der Waals surface area contributed by atoms with Gasteiger partial charge in [0.1, 0.15) is 5.75 Å². The molecule has 0 aromatic heterocycles. The zero-order valence-electron chi connectivity index (χ0n) is 19.8. The van der Waals surface area contributed by atoms with Gasteiger partial charge in [-0.2, -0.15) is 0 Å². The molecule has 0 saturated heterocycles. The fourth-order valence-corrected chi connectivity index (χ4v) is 3.99. The van der Waals surface area contributed by atoms with Crippen molar-refractivity contribution >= 4 is 5.91 Å². The minimum atomic E-state index is -0.0364. The summed E-state index contributed by atoms with van der Waals surface area (Å²) in [7, 11) is 0. The van der Waals surface area contributed by atoms with Gasteiger partial charge in [0.05, 0.1) is 0 Å². The van der Waals surface area contributed by atoms with E-state index in [2.05, 4.69) is 12.2 Å². The summed E-state index contributed by atoms with van der Waals surface area (Å²) in [6.07, 6.45) is 22.5. The number of aromatic hydroxyl groups is 1. The largest absolute Gasteiger partial charge is 0.508 e. The molecule has 0 saturated carbocycles. The Hall–Kier alpha value is -1.51. The number of hydrogen-bond donors (Lipinski definition) is 2. The Morgan fingerprint density at radius 1 is 0.733 bits per heavy atom. The van der Waals surface area contributed by atoms with Crippen LogP contribution in [0.15, 0.2) is 18.2 Å². The molecule has 0 atom stereocenters. The Labute approximate surface area is 186 Å². The lowest BCUT2D eigenvalue weighted by Gasteiger charge is -2.08. The van der Waals surface area contributed by atoms with E-state index >= 15 is 0 Å². The summed E-state index contributed by atoms with van der Waals surface area (Å²) in [6.45, 7) is 5.00. The fraction of sp³-hybridized carbons (Fsp3) is 0.741. The molecule has 0 radical (unpaired) electrons. The number of phenols is 1. The molecule has 0 fully saturated rings. The van der Waals surface area contributed by atoms with E-state index in [0.29, 0.717) is 5.56 Å². The van der Waals surface area contributed by atoms with Crippen molar-refractivity contribution in [3.8, 4) is 5.75 Å². The summed E-state index contributed by atoms with van der Waals surface area (Å²) in [4.78, 5) is 12.2. The predicted molar refractivity (Wildman–Crippen MR) is 129 cm³/mol. The number of aryl methyl sites for hydroxylation is 1. The van der Waals surface area contributed by atoms with Crippen LogP contribution in [0, 0.1) is 0 Å². The third-order valence-corrected chi connectivity index (χ3v) is 6.04. The Morgan fingerprint density at radius 3 is 1.67 bits per heavy atom. The molecule has 1 aromatic rings. The van der Waals surface area contributed by atoms with Crippen LogP contribution in [0.1, 0.15) is 133 Å². The molecule has 0 aliphatic carbocycles. The normalized spacial score (nSPS) is 11.0. The maximum Gasteiger partial charge on any atom is 0.251 e. The smallest absolute Gasteiger partial charge is 0.251 e. The molecular formula is C27H47NO2. The monoisotopic (exact) mass is 417 g/mol. The van der Waals surface area contributed by atoms with Crippen LogP contribution in [0.4, 0.5) is 0 Å². The highest BCUT2D eigenvalue weighted by atomic mass is 16.3. The molecular weight excluding hydrogens is 370 g/mol. The fourth-order valence-electron chi connectivity index (χ4n) is 3.99. The van der Waals surface area contributed by atoms with Crippen molar-refractivity contribution < 1.29 is 9.90 Å². The summed E-state index contributed by atoms with van der Waals surface area (Å²) in [5.74, 6) is 0.234. The number of nitrogens with one attached hydrogen (secondary N) is 1. The van der Waals surface area contributed by atoms with E-state index in [9.17, 15) is 9.90 Å².